The summed E-state index contributed by atoms with van der Waals surface area (Å²) in [6.45, 7) is 4.43. The Labute approximate surface area is 171 Å². The number of rotatable bonds is 10. The van der Waals surface area contributed by atoms with Crippen molar-refractivity contribution in [3.05, 3.63) is 64.8 Å². The fourth-order valence-corrected chi connectivity index (χ4v) is 3.55. The van der Waals surface area contributed by atoms with Gasteiger partial charge < -0.3 is 24.5 Å². The molecule has 2 N–H and O–H groups in total. The van der Waals surface area contributed by atoms with E-state index < -0.39 is 5.97 Å². The van der Waals surface area contributed by atoms with E-state index in [0.29, 0.717) is 31.1 Å². The highest BCUT2D eigenvalue weighted by molar-refractivity contribution is 5.98. The summed E-state index contributed by atoms with van der Waals surface area (Å²) in [5.74, 6) is -0.224. The minimum absolute atomic E-state index is 0.313. The molecule has 154 valence electrons. The van der Waals surface area contributed by atoms with Gasteiger partial charge in [-0.3, -0.25) is 0 Å². The molecule has 0 aliphatic carbocycles. The van der Waals surface area contributed by atoms with Crippen LogP contribution in [0.25, 0.3) is 10.9 Å². The third kappa shape index (κ3) is 4.78. The second-order valence-corrected chi connectivity index (χ2v) is 7.11. The van der Waals surface area contributed by atoms with Gasteiger partial charge in [0.05, 0.1) is 12.6 Å². The summed E-state index contributed by atoms with van der Waals surface area (Å²) in [7, 11) is 3.29. The van der Waals surface area contributed by atoms with Crippen LogP contribution in [0.15, 0.2) is 42.5 Å². The van der Waals surface area contributed by atoms with E-state index in [-0.39, 0.29) is 0 Å². The van der Waals surface area contributed by atoms with Gasteiger partial charge in [-0.1, -0.05) is 29.8 Å². The van der Waals surface area contributed by atoms with Gasteiger partial charge in [0.2, 0.25) is 0 Å². The number of aromatic carboxylic acids is 1. The number of carboxylic acids is 1. The number of hydrogen-bond donors (Lipinski definition) is 2. The molecule has 29 heavy (non-hydrogen) atoms. The average molecular weight is 396 g/mol. The van der Waals surface area contributed by atoms with Gasteiger partial charge in [0, 0.05) is 43.8 Å². The number of nitrogens with one attached hydrogen (secondary N) is 1. The number of aromatic nitrogens is 1. The SMILES string of the molecule is COCCCNCc1c(C(=O)O)n(Cc2ccc(C)cc2)c2cc(OC)ccc12. The van der Waals surface area contributed by atoms with Gasteiger partial charge in [-0.2, -0.15) is 0 Å². The minimum atomic E-state index is -0.930. The molecule has 2 aromatic carbocycles. The topological polar surface area (TPSA) is 72.7 Å². The van der Waals surface area contributed by atoms with E-state index in [1.807, 2.05) is 54.0 Å². The number of fused-ring (bicyclic) bond motifs is 1. The first kappa shape index (κ1) is 20.9. The number of carboxylic acid groups (broad SMARTS) is 1. The highest BCUT2D eigenvalue weighted by Crippen LogP contribution is 2.30. The summed E-state index contributed by atoms with van der Waals surface area (Å²) in [5, 5.41) is 14.3. The Balaban J connectivity index is 2.04. The smallest absolute Gasteiger partial charge is 0.352 e. The van der Waals surface area contributed by atoms with Crippen LogP contribution in [0.1, 0.15) is 33.6 Å². The summed E-state index contributed by atoms with van der Waals surface area (Å²) in [6.07, 6.45) is 0.870. The first-order chi connectivity index (χ1) is 14.0. The predicted molar refractivity (Wildman–Crippen MR) is 114 cm³/mol. The van der Waals surface area contributed by atoms with Crippen LogP contribution in [0, 0.1) is 6.92 Å². The van der Waals surface area contributed by atoms with Gasteiger partial charge in [0.15, 0.2) is 0 Å². The Morgan fingerprint density at radius 3 is 2.55 bits per heavy atom. The fraction of sp³-hybridized carbons (Fsp3) is 0.348. The van der Waals surface area contributed by atoms with Crippen molar-refractivity contribution in [2.45, 2.75) is 26.4 Å². The monoisotopic (exact) mass is 396 g/mol. The third-order valence-corrected chi connectivity index (χ3v) is 5.04. The van der Waals surface area contributed by atoms with Crippen molar-refractivity contribution in [1.29, 1.82) is 0 Å². The number of benzene rings is 2. The third-order valence-electron chi connectivity index (χ3n) is 5.04. The number of hydrogen-bond acceptors (Lipinski definition) is 4. The molecule has 0 amide bonds. The van der Waals surface area contributed by atoms with Crippen molar-refractivity contribution in [2.24, 2.45) is 0 Å². The predicted octanol–water partition coefficient (Wildman–Crippen LogP) is 3.83. The van der Waals surface area contributed by atoms with Crippen LogP contribution in [0.2, 0.25) is 0 Å². The summed E-state index contributed by atoms with van der Waals surface area (Å²) < 4.78 is 12.3. The second-order valence-electron chi connectivity index (χ2n) is 7.11. The zero-order valence-corrected chi connectivity index (χ0v) is 17.2. The molecule has 0 fully saturated rings. The molecule has 1 aromatic heterocycles. The van der Waals surface area contributed by atoms with Gasteiger partial charge in [-0.05, 0) is 37.6 Å². The summed E-state index contributed by atoms with van der Waals surface area (Å²) >= 11 is 0. The zero-order chi connectivity index (χ0) is 20.8. The molecule has 0 aliphatic heterocycles. The second kappa shape index (κ2) is 9.58. The summed E-state index contributed by atoms with van der Waals surface area (Å²) in [4.78, 5) is 12.2. The number of aryl methyl sites for hydroxylation is 1. The first-order valence-corrected chi connectivity index (χ1v) is 9.72. The maximum atomic E-state index is 12.2. The van der Waals surface area contributed by atoms with Crippen molar-refractivity contribution in [2.75, 3.05) is 27.4 Å². The first-order valence-electron chi connectivity index (χ1n) is 9.72. The number of carbonyl (C=O) groups is 1. The van der Waals surface area contributed by atoms with Crippen LogP contribution in [0.3, 0.4) is 0 Å². The summed E-state index contributed by atoms with van der Waals surface area (Å²) in [5.41, 5.74) is 4.19. The van der Waals surface area contributed by atoms with E-state index in [0.717, 1.165) is 35.0 Å². The molecule has 6 nitrogen and oxygen atoms in total. The Kier molecular flexibility index (Phi) is 6.90. The molecule has 0 atom stereocenters. The van der Waals surface area contributed by atoms with E-state index in [4.69, 9.17) is 9.47 Å². The lowest BCUT2D eigenvalue weighted by atomic mass is 10.1. The van der Waals surface area contributed by atoms with Crippen LogP contribution in [0.5, 0.6) is 5.75 Å². The van der Waals surface area contributed by atoms with E-state index in [1.165, 1.54) is 5.56 Å². The summed E-state index contributed by atoms with van der Waals surface area (Å²) in [6, 6.07) is 13.9. The van der Waals surface area contributed by atoms with Crippen LogP contribution in [-0.4, -0.2) is 43.0 Å². The molecule has 0 saturated carbocycles. The number of ether oxygens (including phenoxy) is 2. The van der Waals surface area contributed by atoms with Gasteiger partial charge in [-0.15, -0.1) is 0 Å². The van der Waals surface area contributed by atoms with Gasteiger partial charge in [0.25, 0.3) is 0 Å². The molecule has 0 saturated heterocycles. The quantitative estimate of drug-likeness (QED) is 0.510. The van der Waals surface area contributed by atoms with Crippen molar-refractivity contribution in [3.63, 3.8) is 0 Å². The van der Waals surface area contributed by atoms with Crippen molar-refractivity contribution in [3.8, 4) is 5.75 Å². The molecule has 0 radical (unpaired) electrons. The van der Waals surface area contributed by atoms with E-state index in [2.05, 4.69) is 5.32 Å². The lowest BCUT2D eigenvalue weighted by Crippen LogP contribution is -2.19. The highest BCUT2D eigenvalue weighted by Gasteiger charge is 2.22. The molecule has 6 heteroatoms. The molecule has 0 aliphatic rings. The maximum absolute atomic E-state index is 12.2. The van der Waals surface area contributed by atoms with Gasteiger partial charge in [-0.25, -0.2) is 4.79 Å². The molecule has 3 rings (SSSR count). The van der Waals surface area contributed by atoms with Crippen LogP contribution in [0.4, 0.5) is 0 Å². The maximum Gasteiger partial charge on any atom is 0.352 e. The van der Waals surface area contributed by atoms with Gasteiger partial charge >= 0.3 is 5.97 Å². The average Bonchev–Trinajstić information content (AvgIpc) is 3.02. The van der Waals surface area contributed by atoms with Crippen LogP contribution >= 0.6 is 0 Å². The highest BCUT2D eigenvalue weighted by atomic mass is 16.5. The Bertz CT molecular complexity index is 977. The van der Waals surface area contributed by atoms with E-state index >= 15 is 0 Å². The Hall–Kier alpha value is -2.83. The lowest BCUT2D eigenvalue weighted by Gasteiger charge is -2.10. The van der Waals surface area contributed by atoms with E-state index in [1.54, 1.807) is 14.2 Å². The molecule has 0 spiro atoms. The minimum Gasteiger partial charge on any atom is -0.497 e. The van der Waals surface area contributed by atoms with Crippen LogP contribution in [-0.2, 0) is 17.8 Å². The number of nitrogens with zero attached hydrogens (tertiary/aromatic N) is 1. The van der Waals surface area contributed by atoms with Crippen molar-refractivity contribution < 1.29 is 19.4 Å². The lowest BCUT2D eigenvalue weighted by molar-refractivity contribution is 0.0684. The standard InChI is InChI=1S/C23H28N2O4/c1-16-5-7-17(8-6-16)15-25-21-13-18(29-3)9-10-19(21)20(22(25)23(26)27)14-24-11-4-12-28-2/h5-10,13,24H,4,11-12,14-15H2,1-3H3,(H,26,27). The molecular weight excluding hydrogens is 368 g/mol. The molecule has 0 unspecified atom stereocenters. The Morgan fingerprint density at radius 2 is 1.90 bits per heavy atom. The largest absolute Gasteiger partial charge is 0.497 e. The van der Waals surface area contributed by atoms with E-state index in [9.17, 15) is 9.90 Å². The van der Waals surface area contributed by atoms with Crippen molar-refractivity contribution in [1.82, 2.24) is 9.88 Å². The van der Waals surface area contributed by atoms with Gasteiger partial charge in [0.1, 0.15) is 11.4 Å². The zero-order valence-electron chi connectivity index (χ0n) is 17.2. The van der Waals surface area contributed by atoms with Crippen LogP contribution < -0.4 is 10.1 Å². The molecular formula is C23H28N2O4. The molecule has 3 aromatic rings. The number of methoxy groups -OCH3 is 2. The normalized spacial score (nSPS) is 11.1. The molecule has 1 heterocycles. The van der Waals surface area contributed by atoms with Crippen molar-refractivity contribution >= 4 is 16.9 Å². The fourth-order valence-electron chi connectivity index (χ4n) is 3.55. The molecule has 0 bridgehead atoms. The Morgan fingerprint density at radius 1 is 1.14 bits per heavy atom.